The number of hydrogen-bond donors (Lipinski definition) is 2. The van der Waals surface area contributed by atoms with Crippen LogP contribution in [0.15, 0.2) is 29.3 Å². The van der Waals surface area contributed by atoms with Gasteiger partial charge in [0.05, 0.1) is 0 Å². The fourth-order valence-electron chi connectivity index (χ4n) is 3.20. The highest BCUT2D eigenvalue weighted by Gasteiger charge is 2.22. The van der Waals surface area contributed by atoms with Crippen LogP contribution < -0.4 is 10.6 Å². The lowest BCUT2D eigenvalue weighted by molar-refractivity contribution is -0.127. The van der Waals surface area contributed by atoms with Crippen molar-refractivity contribution in [1.82, 2.24) is 20.4 Å². The standard InChI is InChI=1S/C20H32ClN5O.HI/c1-4-26-13-5-6-18(26)14-23-20(24-15-19(27)25(2)3)22-12-11-16-7-9-17(21)10-8-16;/h7-10,18H,4-6,11-15H2,1-3H3,(H2,22,23,24);1H. The minimum atomic E-state index is -0.00940. The molecular formula is C20H33ClIN5O. The molecule has 0 aromatic heterocycles. The van der Waals surface area contributed by atoms with E-state index in [1.807, 2.05) is 24.3 Å². The average molecular weight is 522 g/mol. The Bertz CT molecular complexity index is 624. The summed E-state index contributed by atoms with van der Waals surface area (Å²) >= 11 is 5.94. The first kappa shape index (κ1) is 25.0. The van der Waals surface area contributed by atoms with Gasteiger partial charge in [-0.25, -0.2) is 4.99 Å². The van der Waals surface area contributed by atoms with Gasteiger partial charge < -0.3 is 15.5 Å². The number of benzene rings is 1. The van der Waals surface area contributed by atoms with Gasteiger partial charge in [0.15, 0.2) is 5.96 Å². The van der Waals surface area contributed by atoms with Crippen molar-refractivity contribution in [2.24, 2.45) is 4.99 Å². The molecule has 1 aromatic rings. The third kappa shape index (κ3) is 8.53. The Morgan fingerprint density at radius 1 is 1.29 bits per heavy atom. The highest BCUT2D eigenvalue weighted by Crippen LogP contribution is 2.15. The van der Waals surface area contributed by atoms with Crippen LogP contribution in [0.25, 0.3) is 0 Å². The van der Waals surface area contributed by atoms with Crippen molar-refractivity contribution >= 4 is 47.4 Å². The second kappa shape index (κ2) is 13.2. The van der Waals surface area contributed by atoms with Crippen LogP contribution in [0.1, 0.15) is 25.3 Å². The van der Waals surface area contributed by atoms with Crippen LogP contribution in [0, 0.1) is 0 Å². The van der Waals surface area contributed by atoms with Crippen molar-refractivity contribution in [1.29, 1.82) is 0 Å². The fourth-order valence-corrected chi connectivity index (χ4v) is 3.32. The number of hydrogen-bond acceptors (Lipinski definition) is 3. The van der Waals surface area contributed by atoms with E-state index in [9.17, 15) is 4.79 Å². The van der Waals surface area contributed by atoms with Crippen molar-refractivity contribution in [2.45, 2.75) is 32.2 Å². The molecule has 158 valence electrons. The molecule has 28 heavy (non-hydrogen) atoms. The average Bonchev–Trinajstić information content (AvgIpc) is 3.12. The second-order valence-electron chi connectivity index (χ2n) is 7.06. The number of rotatable bonds is 8. The van der Waals surface area contributed by atoms with Gasteiger partial charge in [-0.2, -0.15) is 0 Å². The number of nitrogens with zero attached hydrogens (tertiary/aromatic N) is 3. The van der Waals surface area contributed by atoms with Crippen molar-refractivity contribution in [3.05, 3.63) is 34.9 Å². The van der Waals surface area contributed by atoms with Crippen LogP contribution in [0.4, 0.5) is 0 Å². The van der Waals surface area contributed by atoms with E-state index in [0.29, 0.717) is 12.0 Å². The van der Waals surface area contributed by atoms with Crippen LogP contribution in [-0.4, -0.2) is 74.5 Å². The molecule has 2 rings (SSSR count). The van der Waals surface area contributed by atoms with Gasteiger partial charge in [-0.05, 0) is 50.0 Å². The van der Waals surface area contributed by atoms with Gasteiger partial charge >= 0.3 is 0 Å². The molecule has 1 atom stereocenters. The van der Waals surface area contributed by atoms with Crippen LogP contribution >= 0.6 is 35.6 Å². The summed E-state index contributed by atoms with van der Waals surface area (Å²) in [5.74, 6) is 0.687. The van der Waals surface area contributed by atoms with Gasteiger partial charge in [-0.1, -0.05) is 30.7 Å². The summed E-state index contributed by atoms with van der Waals surface area (Å²) in [4.78, 5) is 20.4. The van der Waals surface area contributed by atoms with Crippen LogP contribution in [0.5, 0.6) is 0 Å². The maximum atomic E-state index is 11.9. The highest BCUT2D eigenvalue weighted by atomic mass is 127. The van der Waals surface area contributed by atoms with Crippen LogP contribution in [-0.2, 0) is 11.2 Å². The molecule has 1 aliphatic heterocycles. The number of amides is 1. The van der Waals surface area contributed by atoms with Gasteiger partial charge in [0.1, 0.15) is 6.54 Å². The number of likely N-dealkylation sites (N-methyl/N-ethyl adjacent to an activating group) is 2. The van der Waals surface area contributed by atoms with Gasteiger partial charge in [0.2, 0.25) is 5.91 Å². The molecule has 0 bridgehead atoms. The zero-order chi connectivity index (χ0) is 19.6. The molecule has 0 aliphatic carbocycles. The van der Waals surface area contributed by atoms with Gasteiger partial charge in [-0.15, -0.1) is 24.0 Å². The number of aliphatic imine (C=N–C) groups is 1. The van der Waals surface area contributed by atoms with E-state index in [4.69, 9.17) is 11.6 Å². The Labute approximate surface area is 191 Å². The van der Waals surface area contributed by atoms with Gasteiger partial charge in [0.25, 0.3) is 0 Å². The Morgan fingerprint density at radius 2 is 2.00 bits per heavy atom. The first-order chi connectivity index (χ1) is 13.0. The van der Waals surface area contributed by atoms with Gasteiger partial charge in [-0.3, -0.25) is 9.69 Å². The van der Waals surface area contributed by atoms with E-state index in [2.05, 4.69) is 27.4 Å². The second-order valence-corrected chi connectivity index (χ2v) is 7.50. The van der Waals surface area contributed by atoms with Crippen molar-refractivity contribution in [3.8, 4) is 0 Å². The first-order valence-electron chi connectivity index (χ1n) is 9.70. The summed E-state index contributed by atoms with van der Waals surface area (Å²) in [7, 11) is 3.49. The first-order valence-corrected chi connectivity index (χ1v) is 10.1. The van der Waals surface area contributed by atoms with E-state index in [1.165, 1.54) is 24.9 Å². The fraction of sp³-hybridized carbons (Fsp3) is 0.600. The van der Waals surface area contributed by atoms with E-state index in [1.54, 1.807) is 19.0 Å². The number of nitrogens with one attached hydrogen (secondary N) is 2. The van der Waals surface area contributed by atoms with Crippen molar-refractivity contribution in [3.63, 3.8) is 0 Å². The maximum Gasteiger partial charge on any atom is 0.243 e. The molecule has 1 saturated heterocycles. The van der Waals surface area contributed by atoms with Crippen molar-refractivity contribution in [2.75, 3.05) is 46.8 Å². The zero-order valence-electron chi connectivity index (χ0n) is 17.1. The van der Waals surface area contributed by atoms with E-state index in [0.717, 1.165) is 31.1 Å². The molecule has 8 heteroatoms. The molecular weight excluding hydrogens is 489 g/mol. The molecule has 1 fully saturated rings. The lowest BCUT2D eigenvalue weighted by atomic mass is 10.1. The Morgan fingerprint density at radius 3 is 2.64 bits per heavy atom. The van der Waals surface area contributed by atoms with Crippen LogP contribution in [0.3, 0.4) is 0 Å². The summed E-state index contributed by atoms with van der Waals surface area (Å²) in [6.07, 6.45) is 3.31. The quantitative estimate of drug-likeness (QED) is 0.314. The summed E-state index contributed by atoms with van der Waals surface area (Å²) in [6, 6.07) is 8.39. The Kier molecular flexibility index (Phi) is 11.8. The van der Waals surface area contributed by atoms with E-state index < -0.39 is 0 Å². The number of guanidine groups is 1. The summed E-state index contributed by atoms with van der Waals surface area (Å²) < 4.78 is 0. The molecule has 1 unspecified atom stereocenters. The Hall–Kier alpha value is -1.06. The monoisotopic (exact) mass is 521 g/mol. The smallest absolute Gasteiger partial charge is 0.243 e. The number of carbonyl (C=O) groups is 1. The third-order valence-corrected chi connectivity index (χ3v) is 5.15. The maximum absolute atomic E-state index is 11.9. The summed E-state index contributed by atoms with van der Waals surface area (Å²) in [6.45, 7) is 6.17. The minimum Gasteiger partial charge on any atom is -0.356 e. The lowest BCUT2D eigenvalue weighted by Crippen LogP contribution is -2.45. The molecule has 1 heterocycles. The number of likely N-dealkylation sites (tertiary alicyclic amines) is 1. The van der Waals surface area contributed by atoms with E-state index >= 15 is 0 Å². The molecule has 1 aromatic carbocycles. The van der Waals surface area contributed by atoms with Gasteiger partial charge in [0, 0.05) is 38.2 Å². The normalized spacial score (nSPS) is 17.1. The molecule has 0 spiro atoms. The summed E-state index contributed by atoms with van der Waals surface area (Å²) in [5, 5.41) is 7.52. The zero-order valence-corrected chi connectivity index (χ0v) is 20.2. The SMILES string of the molecule is CCN1CCCC1CNC(=NCC(=O)N(C)C)NCCc1ccc(Cl)cc1.I. The molecule has 0 saturated carbocycles. The minimum absolute atomic E-state index is 0. The molecule has 6 nitrogen and oxygen atoms in total. The third-order valence-electron chi connectivity index (χ3n) is 4.90. The van der Waals surface area contributed by atoms with E-state index in [-0.39, 0.29) is 36.4 Å². The topological polar surface area (TPSA) is 60.0 Å². The number of halogens is 2. The Balaban J connectivity index is 0.00000392. The van der Waals surface area contributed by atoms with Crippen molar-refractivity contribution < 1.29 is 4.79 Å². The predicted molar refractivity (Wildman–Crippen MR) is 128 cm³/mol. The molecule has 1 amide bonds. The highest BCUT2D eigenvalue weighted by molar-refractivity contribution is 14.0. The number of carbonyl (C=O) groups excluding carboxylic acids is 1. The summed E-state index contributed by atoms with van der Waals surface area (Å²) in [5.41, 5.74) is 1.21. The molecule has 1 aliphatic rings. The van der Waals surface area contributed by atoms with Crippen LogP contribution in [0.2, 0.25) is 5.02 Å². The predicted octanol–water partition coefficient (Wildman–Crippen LogP) is 2.61. The molecule has 2 N–H and O–H groups in total. The molecule has 0 radical (unpaired) electrons. The largest absolute Gasteiger partial charge is 0.356 e. The lowest BCUT2D eigenvalue weighted by Gasteiger charge is -2.24.